The molecule has 140 valence electrons. The zero-order valence-corrected chi connectivity index (χ0v) is 15.7. The van der Waals surface area contributed by atoms with Gasteiger partial charge in [-0.25, -0.2) is 0 Å². The number of Topliss-reactive ketones (excluding diaryl/α,β-unsaturated/α-hetero) is 2. The first kappa shape index (κ1) is 19.8. The number of amides is 1. The van der Waals surface area contributed by atoms with Crippen molar-refractivity contribution in [3.05, 3.63) is 35.9 Å². The summed E-state index contributed by atoms with van der Waals surface area (Å²) in [5.74, 6) is -4.89. The zero-order chi connectivity index (χ0) is 19.5. The van der Waals surface area contributed by atoms with Crippen LogP contribution in [0.5, 0.6) is 0 Å². The third-order valence-corrected chi connectivity index (χ3v) is 4.90. The van der Waals surface area contributed by atoms with Crippen LogP contribution >= 0.6 is 0 Å². The second-order valence-corrected chi connectivity index (χ2v) is 7.26. The Morgan fingerprint density at radius 1 is 1.19 bits per heavy atom. The molecule has 0 aromatic heterocycles. The average molecular weight is 359 g/mol. The van der Waals surface area contributed by atoms with Crippen LogP contribution in [0.1, 0.15) is 32.8 Å². The molecule has 0 heterocycles. The van der Waals surface area contributed by atoms with Crippen molar-refractivity contribution in [2.45, 2.75) is 33.7 Å². The second-order valence-electron chi connectivity index (χ2n) is 7.26. The molecule has 0 N–H and O–H groups in total. The summed E-state index contributed by atoms with van der Waals surface area (Å²) in [6.07, 6.45) is -0.0161. The van der Waals surface area contributed by atoms with Gasteiger partial charge in [0.25, 0.3) is 0 Å². The number of esters is 1. The van der Waals surface area contributed by atoms with Crippen molar-refractivity contribution >= 4 is 23.4 Å². The highest BCUT2D eigenvalue weighted by molar-refractivity contribution is 6.24. The molecule has 1 aromatic rings. The van der Waals surface area contributed by atoms with E-state index in [1.165, 1.54) is 12.0 Å². The number of hydrogen-bond donors (Lipinski definition) is 0. The van der Waals surface area contributed by atoms with Crippen LogP contribution < -0.4 is 0 Å². The number of ether oxygens (including phenoxy) is 1. The van der Waals surface area contributed by atoms with Gasteiger partial charge in [0, 0.05) is 19.5 Å². The topological polar surface area (TPSA) is 80.8 Å². The molecule has 0 unspecified atom stereocenters. The Morgan fingerprint density at radius 2 is 1.81 bits per heavy atom. The zero-order valence-electron chi connectivity index (χ0n) is 15.7. The summed E-state index contributed by atoms with van der Waals surface area (Å²) in [5.41, 5.74) is 0.0392. The smallest absolute Gasteiger partial charge is 0.316 e. The minimum absolute atomic E-state index is 0.0161. The van der Waals surface area contributed by atoms with E-state index in [1.807, 2.05) is 30.3 Å². The largest absolute Gasteiger partial charge is 0.468 e. The van der Waals surface area contributed by atoms with Crippen LogP contribution in [-0.2, 0) is 30.5 Å². The predicted octanol–water partition coefficient (Wildman–Crippen LogP) is 2.01. The number of hydrogen-bond acceptors (Lipinski definition) is 5. The van der Waals surface area contributed by atoms with Crippen LogP contribution in [0.2, 0.25) is 0 Å². The maximum Gasteiger partial charge on any atom is 0.316 e. The lowest BCUT2D eigenvalue weighted by Crippen LogP contribution is -2.54. The molecule has 0 radical (unpaired) electrons. The van der Waals surface area contributed by atoms with Crippen LogP contribution in [0.4, 0.5) is 0 Å². The van der Waals surface area contributed by atoms with Crippen molar-refractivity contribution in [2.75, 3.05) is 13.7 Å². The number of ketones is 2. The van der Waals surface area contributed by atoms with Gasteiger partial charge in [-0.2, -0.15) is 0 Å². The molecule has 1 amide bonds. The van der Waals surface area contributed by atoms with Crippen LogP contribution in [0, 0.1) is 17.3 Å². The van der Waals surface area contributed by atoms with Crippen LogP contribution in [-0.4, -0.2) is 42.0 Å². The van der Waals surface area contributed by atoms with Crippen molar-refractivity contribution in [3.8, 4) is 0 Å². The van der Waals surface area contributed by atoms with Gasteiger partial charge in [-0.1, -0.05) is 44.2 Å². The minimum Gasteiger partial charge on any atom is -0.468 e. The molecule has 1 aromatic carbocycles. The third-order valence-electron chi connectivity index (χ3n) is 4.90. The molecule has 6 heteroatoms. The monoisotopic (exact) mass is 359 g/mol. The Bertz CT molecular complexity index is 710. The lowest BCUT2D eigenvalue weighted by atomic mass is 9.63. The lowest BCUT2D eigenvalue weighted by molar-refractivity contribution is -0.163. The van der Waals surface area contributed by atoms with Crippen LogP contribution in [0.15, 0.2) is 30.3 Å². The SMILES string of the molecule is CCN(Cc1ccccc1)C(=O)[C@@H]1C(=O)CC(C)(C)[C@@H](C(=O)OC)C1=O. The summed E-state index contributed by atoms with van der Waals surface area (Å²) < 4.78 is 4.75. The summed E-state index contributed by atoms with van der Waals surface area (Å²) in [6.45, 7) is 5.80. The van der Waals surface area contributed by atoms with Gasteiger partial charge < -0.3 is 9.64 Å². The molecule has 0 spiro atoms. The minimum atomic E-state index is -1.43. The maximum absolute atomic E-state index is 13.0. The van der Waals surface area contributed by atoms with Gasteiger partial charge >= 0.3 is 5.97 Å². The van der Waals surface area contributed by atoms with Crippen LogP contribution in [0.25, 0.3) is 0 Å². The Hall–Kier alpha value is -2.50. The Kier molecular flexibility index (Phi) is 5.95. The number of nitrogens with zero attached hydrogens (tertiary/aromatic N) is 1. The highest BCUT2D eigenvalue weighted by Gasteiger charge is 2.54. The van der Waals surface area contributed by atoms with Gasteiger partial charge in [0.2, 0.25) is 5.91 Å². The van der Waals surface area contributed by atoms with E-state index in [0.717, 1.165) is 5.56 Å². The van der Waals surface area contributed by atoms with E-state index in [4.69, 9.17) is 4.74 Å². The van der Waals surface area contributed by atoms with E-state index < -0.39 is 40.7 Å². The van der Waals surface area contributed by atoms with E-state index >= 15 is 0 Å². The van der Waals surface area contributed by atoms with E-state index in [2.05, 4.69) is 0 Å². The van der Waals surface area contributed by atoms with E-state index in [0.29, 0.717) is 13.1 Å². The molecule has 26 heavy (non-hydrogen) atoms. The Morgan fingerprint density at radius 3 is 2.35 bits per heavy atom. The van der Waals surface area contributed by atoms with Crippen molar-refractivity contribution in [2.24, 2.45) is 17.3 Å². The fraction of sp³-hybridized carbons (Fsp3) is 0.500. The molecule has 2 rings (SSSR count). The number of carbonyl (C=O) groups excluding carboxylic acids is 4. The predicted molar refractivity (Wildman–Crippen MR) is 94.9 cm³/mol. The molecule has 2 atom stereocenters. The van der Waals surface area contributed by atoms with E-state index in [1.54, 1.807) is 20.8 Å². The van der Waals surface area contributed by atoms with E-state index in [9.17, 15) is 19.2 Å². The summed E-state index contributed by atoms with van der Waals surface area (Å²) in [7, 11) is 1.20. The molecular weight excluding hydrogens is 334 g/mol. The van der Waals surface area contributed by atoms with Crippen molar-refractivity contribution in [1.82, 2.24) is 4.90 Å². The fourth-order valence-electron chi connectivity index (χ4n) is 3.51. The number of benzene rings is 1. The normalized spacial score (nSPS) is 22.0. The van der Waals surface area contributed by atoms with Gasteiger partial charge in [0.05, 0.1) is 7.11 Å². The van der Waals surface area contributed by atoms with Gasteiger partial charge in [0.15, 0.2) is 17.5 Å². The second kappa shape index (κ2) is 7.81. The molecule has 0 aliphatic heterocycles. The molecule has 0 bridgehead atoms. The van der Waals surface area contributed by atoms with Gasteiger partial charge in [-0.05, 0) is 17.9 Å². The number of methoxy groups -OCH3 is 1. The first-order valence-corrected chi connectivity index (χ1v) is 8.70. The summed E-state index contributed by atoms with van der Waals surface area (Å²) in [6, 6.07) is 9.35. The highest BCUT2D eigenvalue weighted by atomic mass is 16.5. The molecular formula is C20H25NO5. The van der Waals surface area contributed by atoms with Crippen molar-refractivity contribution < 1.29 is 23.9 Å². The van der Waals surface area contributed by atoms with Gasteiger partial charge in [-0.15, -0.1) is 0 Å². The molecule has 1 fully saturated rings. The fourth-order valence-corrected chi connectivity index (χ4v) is 3.51. The number of carbonyl (C=O) groups is 4. The molecule has 1 aliphatic carbocycles. The van der Waals surface area contributed by atoms with Crippen molar-refractivity contribution in [1.29, 1.82) is 0 Å². The quantitative estimate of drug-likeness (QED) is 0.593. The maximum atomic E-state index is 13.0. The first-order chi connectivity index (χ1) is 12.2. The standard InChI is InChI=1S/C20H25NO5/c1-5-21(12-13-9-7-6-8-10-13)18(24)15-14(22)11-20(2,3)16(17(15)23)19(25)26-4/h6-10,15-16H,5,11-12H2,1-4H3/t15-,16-/m1/s1. The van der Waals surface area contributed by atoms with Gasteiger partial charge in [0.1, 0.15) is 5.92 Å². The molecule has 1 aliphatic rings. The van der Waals surface area contributed by atoms with Crippen molar-refractivity contribution in [3.63, 3.8) is 0 Å². The first-order valence-electron chi connectivity index (χ1n) is 8.70. The molecule has 1 saturated carbocycles. The summed E-state index contributed by atoms with van der Waals surface area (Å²) in [4.78, 5) is 52.0. The summed E-state index contributed by atoms with van der Waals surface area (Å²) in [5, 5.41) is 0. The highest BCUT2D eigenvalue weighted by Crippen LogP contribution is 2.40. The third kappa shape index (κ3) is 3.84. The lowest BCUT2D eigenvalue weighted by Gasteiger charge is -2.38. The Labute approximate surface area is 153 Å². The summed E-state index contributed by atoms with van der Waals surface area (Å²) >= 11 is 0. The Balaban J connectivity index is 2.29. The van der Waals surface area contributed by atoms with Crippen LogP contribution in [0.3, 0.4) is 0 Å². The molecule has 6 nitrogen and oxygen atoms in total. The average Bonchev–Trinajstić information content (AvgIpc) is 2.58. The van der Waals surface area contributed by atoms with E-state index in [-0.39, 0.29) is 6.42 Å². The molecule has 0 saturated heterocycles. The number of rotatable bonds is 5. The van der Waals surface area contributed by atoms with Gasteiger partial charge in [-0.3, -0.25) is 19.2 Å².